The Hall–Kier alpha value is -3.21. The Bertz CT molecular complexity index is 958. The van der Waals surface area contributed by atoms with Gasteiger partial charge in [0.25, 0.3) is 11.8 Å². The van der Waals surface area contributed by atoms with Crippen LogP contribution in [0.4, 0.5) is 5.69 Å². The molecule has 132 valence electrons. The van der Waals surface area contributed by atoms with E-state index >= 15 is 0 Å². The van der Waals surface area contributed by atoms with Gasteiger partial charge >= 0.3 is 5.97 Å². The van der Waals surface area contributed by atoms with Crippen molar-refractivity contribution in [3.8, 4) is 0 Å². The third kappa shape index (κ3) is 3.04. The summed E-state index contributed by atoms with van der Waals surface area (Å²) in [6.07, 6.45) is 0. The van der Waals surface area contributed by atoms with Gasteiger partial charge in [-0.1, -0.05) is 18.7 Å². The van der Waals surface area contributed by atoms with Gasteiger partial charge in [-0.25, -0.2) is 9.69 Å². The summed E-state index contributed by atoms with van der Waals surface area (Å²) in [6, 6.07) is 10.0. The summed E-state index contributed by atoms with van der Waals surface area (Å²) in [6.45, 7) is 9.28. The fourth-order valence-corrected chi connectivity index (χ4v) is 2.82. The number of hydrogen-bond donors (Lipinski definition) is 0. The number of rotatable bonds is 4. The molecule has 0 aliphatic carbocycles. The highest BCUT2D eigenvalue weighted by Crippen LogP contribution is 2.31. The number of carbonyl (C=O) groups excluding carboxylic acids is 3. The number of anilines is 1. The van der Waals surface area contributed by atoms with Crippen LogP contribution >= 0.6 is 0 Å². The molecular formula is C21H19NO4. The highest BCUT2D eigenvalue weighted by Gasteiger charge is 2.37. The summed E-state index contributed by atoms with van der Waals surface area (Å²) in [5, 5.41) is 0. The molecule has 0 saturated heterocycles. The molecule has 0 unspecified atom stereocenters. The maximum atomic E-state index is 12.9. The Balaban J connectivity index is 1.97. The minimum Gasteiger partial charge on any atom is -0.458 e. The number of hydrogen-bond acceptors (Lipinski definition) is 4. The second-order valence-corrected chi connectivity index (χ2v) is 6.53. The van der Waals surface area contributed by atoms with Crippen molar-refractivity contribution in [2.24, 2.45) is 0 Å². The molecule has 0 radical (unpaired) electrons. The highest BCUT2D eigenvalue weighted by molar-refractivity contribution is 6.35. The van der Waals surface area contributed by atoms with E-state index in [1.807, 2.05) is 26.0 Å². The lowest BCUT2D eigenvalue weighted by Crippen LogP contribution is -2.30. The number of amides is 2. The van der Waals surface area contributed by atoms with Gasteiger partial charge in [-0.2, -0.15) is 0 Å². The molecule has 0 spiro atoms. The zero-order chi connectivity index (χ0) is 19.0. The monoisotopic (exact) mass is 349 g/mol. The van der Waals surface area contributed by atoms with Crippen molar-refractivity contribution >= 4 is 23.5 Å². The first kappa shape index (κ1) is 17.6. The van der Waals surface area contributed by atoms with Gasteiger partial charge in [0.15, 0.2) is 0 Å². The standard InChI is InChI=1S/C21H19NO4/c1-12(2)11-26-21(25)15-7-8-16-17(10-15)20(24)22(19(16)23)18-9-13(3)5-6-14(18)4/h5-10H,1,11H2,2-4H3. The Morgan fingerprint density at radius 1 is 1.04 bits per heavy atom. The number of aryl methyl sites for hydroxylation is 2. The molecule has 0 aromatic heterocycles. The van der Waals surface area contributed by atoms with Crippen molar-refractivity contribution in [3.05, 3.63) is 76.4 Å². The average molecular weight is 349 g/mol. The fraction of sp³-hybridized carbons (Fsp3) is 0.190. The predicted molar refractivity (Wildman–Crippen MR) is 98.6 cm³/mol. The number of ether oxygens (including phenoxy) is 1. The number of nitrogens with zero attached hydrogens (tertiary/aromatic N) is 1. The van der Waals surface area contributed by atoms with E-state index in [9.17, 15) is 14.4 Å². The van der Waals surface area contributed by atoms with Gasteiger partial charge in [-0.05, 0) is 61.7 Å². The summed E-state index contributed by atoms with van der Waals surface area (Å²) in [5.74, 6) is -1.38. The molecule has 3 rings (SSSR count). The molecule has 26 heavy (non-hydrogen) atoms. The molecule has 0 fully saturated rings. The molecule has 0 N–H and O–H groups in total. The van der Waals surface area contributed by atoms with Gasteiger partial charge in [0, 0.05) is 0 Å². The molecule has 2 amide bonds. The van der Waals surface area contributed by atoms with Gasteiger partial charge in [-0.15, -0.1) is 0 Å². The number of esters is 1. The fourth-order valence-electron chi connectivity index (χ4n) is 2.82. The summed E-state index contributed by atoms with van der Waals surface area (Å²) in [7, 11) is 0. The van der Waals surface area contributed by atoms with Gasteiger partial charge < -0.3 is 4.74 Å². The quantitative estimate of drug-likeness (QED) is 0.478. The molecule has 2 aromatic carbocycles. The van der Waals surface area contributed by atoms with Crippen LogP contribution in [0.15, 0.2) is 48.6 Å². The smallest absolute Gasteiger partial charge is 0.338 e. The maximum absolute atomic E-state index is 12.9. The molecule has 0 saturated carbocycles. The van der Waals surface area contributed by atoms with Crippen LogP contribution < -0.4 is 4.90 Å². The van der Waals surface area contributed by atoms with E-state index in [0.29, 0.717) is 11.3 Å². The number of benzene rings is 2. The third-order valence-corrected chi connectivity index (χ3v) is 4.18. The van der Waals surface area contributed by atoms with E-state index in [-0.39, 0.29) is 29.2 Å². The minimum atomic E-state index is -0.554. The summed E-state index contributed by atoms with van der Waals surface area (Å²) >= 11 is 0. The number of imide groups is 1. The van der Waals surface area contributed by atoms with Gasteiger partial charge in [-0.3, -0.25) is 9.59 Å². The third-order valence-electron chi connectivity index (χ3n) is 4.18. The van der Waals surface area contributed by atoms with Gasteiger partial charge in [0.05, 0.1) is 22.4 Å². The SMILES string of the molecule is C=C(C)COC(=O)c1ccc2c(c1)C(=O)N(c1cc(C)ccc1C)C2=O. The zero-order valence-corrected chi connectivity index (χ0v) is 15.0. The Morgan fingerprint density at radius 2 is 1.73 bits per heavy atom. The Labute approximate surface area is 151 Å². The second kappa shape index (κ2) is 6.59. The van der Waals surface area contributed by atoms with Crippen LogP contribution in [0.1, 0.15) is 49.1 Å². The molecule has 1 heterocycles. The average Bonchev–Trinajstić information content (AvgIpc) is 2.85. The van der Waals surface area contributed by atoms with Gasteiger partial charge in [0.1, 0.15) is 6.61 Å². The zero-order valence-electron chi connectivity index (χ0n) is 15.0. The normalized spacial score (nSPS) is 13.0. The lowest BCUT2D eigenvalue weighted by molar-refractivity contribution is 0.0540. The molecule has 0 atom stereocenters. The summed E-state index contributed by atoms with van der Waals surface area (Å²) < 4.78 is 5.11. The van der Waals surface area contributed by atoms with E-state index in [1.165, 1.54) is 18.2 Å². The largest absolute Gasteiger partial charge is 0.458 e. The molecule has 0 bridgehead atoms. The first-order valence-electron chi connectivity index (χ1n) is 8.21. The minimum absolute atomic E-state index is 0.109. The number of fused-ring (bicyclic) bond motifs is 1. The van der Waals surface area contributed by atoms with E-state index in [1.54, 1.807) is 13.0 Å². The van der Waals surface area contributed by atoms with Crippen LogP contribution in [-0.2, 0) is 4.74 Å². The Kier molecular flexibility index (Phi) is 4.47. The molecule has 2 aromatic rings. The van der Waals surface area contributed by atoms with Crippen LogP contribution in [0, 0.1) is 13.8 Å². The van der Waals surface area contributed by atoms with E-state index in [0.717, 1.165) is 16.0 Å². The van der Waals surface area contributed by atoms with Crippen molar-refractivity contribution in [3.63, 3.8) is 0 Å². The van der Waals surface area contributed by atoms with E-state index in [2.05, 4.69) is 6.58 Å². The van der Waals surface area contributed by atoms with Crippen molar-refractivity contribution in [1.29, 1.82) is 0 Å². The lowest BCUT2D eigenvalue weighted by atomic mass is 10.1. The second-order valence-electron chi connectivity index (χ2n) is 6.53. The van der Waals surface area contributed by atoms with Crippen LogP contribution in [-0.4, -0.2) is 24.4 Å². The lowest BCUT2D eigenvalue weighted by Gasteiger charge is -2.17. The first-order valence-corrected chi connectivity index (χ1v) is 8.21. The van der Waals surface area contributed by atoms with Crippen molar-refractivity contribution in [2.45, 2.75) is 20.8 Å². The van der Waals surface area contributed by atoms with Crippen LogP contribution in [0.3, 0.4) is 0 Å². The molecule has 5 nitrogen and oxygen atoms in total. The highest BCUT2D eigenvalue weighted by atomic mass is 16.5. The van der Waals surface area contributed by atoms with E-state index < -0.39 is 11.9 Å². The molecular weight excluding hydrogens is 330 g/mol. The van der Waals surface area contributed by atoms with Crippen LogP contribution in [0.2, 0.25) is 0 Å². The van der Waals surface area contributed by atoms with Crippen molar-refractivity contribution < 1.29 is 19.1 Å². The van der Waals surface area contributed by atoms with Crippen molar-refractivity contribution in [2.75, 3.05) is 11.5 Å². The maximum Gasteiger partial charge on any atom is 0.338 e. The molecule has 1 aliphatic heterocycles. The summed E-state index contributed by atoms with van der Waals surface area (Å²) in [4.78, 5) is 38.9. The van der Waals surface area contributed by atoms with Crippen molar-refractivity contribution in [1.82, 2.24) is 0 Å². The predicted octanol–water partition coefficient (Wildman–Crippen LogP) is 3.84. The topological polar surface area (TPSA) is 63.7 Å². The van der Waals surface area contributed by atoms with Crippen LogP contribution in [0.25, 0.3) is 0 Å². The molecule has 1 aliphatic rings. The van der Waals surface area contributed by atoms with Gasteiger partial charge in [0.2, 0.25) is 0 Å². The molecule has 5 heteroatoms. The Morgan fingerprint density at radius 3 is 2.42 bits per heavy atom. The first-order chi connectivity index (χ1) is 12.3. The summed E-state index contributed by atoms with van der Waals surface area (Å²) in [5.41, 5.74) is 3.77. The van der Waals surface area contributed by atoms with Crippen LogP contribution in [0.5, 0.6) is 0 Å². The number of carbonyl (C=O) groups is 3. The van der Waals surface area contributed by atoms with E-state index in [4.69, 9.17) is 4.74 Å².